The minimum atomic E-state index is -0.0611. The van der Waals surface area contributed by atoms with E-state index in [0.717, 1.165) is 43.6 Å². The number of nitrogens with one attached hydrogen (secondary N) is 3. The molecule has 0 spiro atoms. The third-order valence-electron chi connectivity index (χ3n) is 4.04. The van der Waals surface area contributed by atoms with Crippen LogP contribution in [0.15, 0.2) is 41.8 Å². The normalized spacial score (nSPS) is 11.0. The summed E-state index contributed by atoms with van der Waals surface area (Å²) < 4.78 is 0.691. The molecule has 0 aliphatic rings. The summed E-state index contributed by atoms with van der Waals surface area (Å²) in [6.45, 7) is 1.93. The molecule has 3 aromatic heterocycles. The lowest BCUT2D eigenvalue weighted by atomic mass is 10.2. The minimum Gasteiger partial charge on any atom is -0.341 e. The zero-order valence-electron chi connectivity index (χ0n) is 14.9. The number of carbonyl (C=O) groups is 1. The molecule has 0 atom stereocenters. The molecule has 0 unspecified atom stereocenters. The number of hydrogen-bond acceptors (Lipinski definition) is 7. The van der Waals surface area contributed by atoms with Gasteiger partial charge in [0.05, 0.1) is 18.0 Å². The first kappa shape index (κ1) is 18.8. The van der Waals surface area contributed by atoms with Gasteiger partial charge in [-0.15, -0.1) is 23.1 Å². The van der Waals surface area contributed by atoms with E-state index in [0.29, 0.717) is 10.4 Å². The fraction of sp³-hybridized carbons (Fsp3) is 0.167. The second-order valence-corrected chi connectivity index (χ2v) is 8.82. The van der Waals surface area contributed by atoms with Crippen molar-refractivity contribution in [1.29, 1.82) is 0 Å². The van der Waals surface area contributed by atoms with Gasteiger partial charge in [0, 0.05) is 22.0 Å². The predicted molar refractivity (Wildman–Crippen MR) is 114 cm³/mol. The number of thiazole rings is 1. The topological polar surface area (TPSA) is 99.4 Å². The second kappa shape index (κ2) is 8.21. The van der Waals surface area contributed by atoms with Crippen LogP contribution in [0.2, 0.25) is 0 Å². The first-order valence-electron chi connectivity index (χ1n) is 8.43. The molecule has 3 N–H and O–H groups in total. The zero-order chi connectivity index (χ0) is 19.5. The van der Waals surface area contributed by atoms with Gasteiger partial charge in [0.15, 0.2) is 9.60 Å². The number of hydrogen-bond donors (Lipinski definition) is 3. The summed E-state index contributed by atoms with van der Waals surface area (Å²) >= 11 is 8.17. The highest BCUT2D eigenvalue weighted by atomic mass is 32.2. The number of aryl methyl sites for hydroxylation is 1. The molecule has 142 valence electrons. The van der Waals surface area contributed by atoms with E-state index >= 15 is 0 Å². The molecule has 0 radical (unpaired) electrons. The van der Waals surface area contributed by atoms with Gasteiger partial charge in [-0.25, -0.2) is 9.97 Å². The van der Waals surface area contributed by atoms with Crippen molar-refractivity contribution in [3.8, 4) is 0 Å². The molecule has 1 aromatic carbocycles. The number of anilines is 1. The van der Waals surface area contributed by atoms with E-state index in [2.05, 4.69) is 30.5 Å². The fourth-order valence-corrected chi connectivity index (χ4v) is 4.90. The lowest BCUT2D eigenvalue weighted by Gasteiger charge is -2.07. The number of aromatic amines is 2. The van der Waals surface area contributed by atoms with Crippen molar-refractivity contribution in [3.63, 3.8) is 0 Å². The smallest absolute Gasteiger partial charge is 0.229 e. The minimum absolute atomic E-state index is 0.0611. The van der Waals surface area contributed by atoms with Gasteiger partial charge in [0.25, 0.3) is 0 Å². The maximum atomic E-state index is 12.4. The van der Waals surface area contributed by atoms with E-state index in [1.54, 1.807) is 18.0 Å². The van der Waals surface area contributed by atoms with E-state index in [1.165, 1.54) is 17.7 Å². The number of thioether (sulfide) groups is 1. The predicted octanol–water partition coefficient (Wildman–Crippen LogP) is 4.25. The summed E-state index contributed by atoms with van der Waals surface area (Å²) in [4.78, 5) is 24.9. The van der Waals surface area contributed by atoms with E-state index in [1.807, 2.05) is 31.2 Å². The number of nitrogens with zero attached hydrogens (tertiary/aromatic N) is 3. The number of benzene rings is 1. The lowest BCUT2D eigenvalue weighted by molar-refractivity contribution is -0.115. The molecule has 0 fully saturated rings. The number of aromatic nitrogens is 5. The van der Waals surface area contributed by atoms with Crippen LogP contribution in [0.5, 0.6) is 0 Å². The van der Waals surface area contributed by atoms with E-state index in [-0.39, 0.29) is 5.91 Å². The number of fused-ring (bicyclic) bond motifs is 1. The van der Waals surface area contributed by atoms with Crippen molar-refractivity contribution in [3.05, 3.63) is 56.9 Å². The Morgan fingerprint density at radius 3 is 3.07 bits per heavy atom. The zero-order valence-corrected chi connectivity index (χ0v) is 17.3. The van der Waals surface area contributed by atoms with Gasteiger partial charge in [0.1, 0.15) is 11.4 Å². The molecule has 0 aliphatic carbocycles. The van der Waals surface area contributed by atoms with Crippen LogP contribution < -0.4 is 5.32 Å². The Bertz CT molecular complexity index is 1200. The average molecular weight is 429 g/mol. The van der Waals surface area contributed by atoms with Gasteiger partial charge in [0.2, 0.25) is 5.91 Å². The third-order valence-corrected chi connectivity index (χ3v) is 6.46. The molecular weight excluding hydrogens is 412 g/mol. The van der Waals surface area contributed by atoms with Crippen LogP contribution in [0.25, 0.3) is 11.0 Å². The molecule has 0 saturated heterocycles. The highest BCUT2D eigenvalue weighted by molar-refractivity contribution is 7.98. The van der Waals surface area contributed by atoms with E-state index in [4.69, 9.17) is 12.2 Å². The van der Waals surface area contributed by atoms with Gasteiger partial charge in [-0.2, -0.15) is 5.10 Å². The summed E-state index contributed by atoms with van der Waals surface area (Å²) in [7, 11) is 0. The number of carbonyl (C=O) groups excluding carboxylic acids is 1. The van der Waals surface area contributed by atoms with Crippen molar-refractivity contribution >= 4 is 57.9 Å². The van der Waals surface area contributed by atoms with Crippen molar-refractivity contribution in [2.75, 3.05) is 5.32 Å². The van der Waals surface area contributed by atoms with E-state index in [9.17, 15) is 4.79 Å². The number of amides is 1. The van der Waals surface area contributed by atoms with Crippen LogP contribution >= 0.6 is 35.3 Å². The van der Waals surface area contributed by atoms with Gasteiger partial charge in [-0.05, 0) is 36.8 Å². The first-order chi connectivity index (χ1) is 13.6. The van der Waals surface area contributed by atoms with Crippen molar-refractivity contribution in [2.45, 2.75) is 24.1 Å². The van der Waals surface area contributed by atoms with Gasteiger partial charge < -0.3 is 10.3 Å². The SMILES string of the molecule is Cc1[nH]c(=S)sc1CC(=O)Nc1cccc(CSc2ncnc3[nH]ncc23)c1. The van der Waals surface area contributed by atoms with Gasteiger partial charge in [-0.3, -0.25) is 9.89 Å². The maximum Gasteiger partial charge on any atom is 0.229 e. The largest absolute Gasteiger partial charge is 0.341 e. The highest BCUT2D eigenvalue weighted by Gasteiger charge is 2.10. The standard InChI is InChI=1S/C18H16N6OS3/c1-10-14(28-18(26)22-10)6-15(25)23-12-4-2-3-11(5-12)8-27-17-13-7-21-24-16(13)19-9-20-17/h2-5,7,9H,6,8H2,1H3,(H,22,26)(H,23,25)(H,19,20,21,24). The van der Waals surface area contributed by atoms with Crippen molar-refractivity contribution in [2.24, 2.45) is 0 Å². The van der Waals surface area contributed by atoms with Crippen molar-refractivity contribution in [1.82, 2.24) is 25.1 Å². The Labute approximate surface area is 174 Å². The van der Waals surface area contributed by atoms with Gasteiger partial charge in [-0.1, -0.05) is 12.1 Å². The van der Waals surface area contributed by atoms with Crippen LogP contribution in [-0.2, 0) is 17.0 Å². The van der Waals surface area contributed by atoms with Crippen LogP contribution in [0.1, 0.15) is 16.1 Å². The summed E-state index contributed by atoms with van der Waals surface area (Å²) in [6, 6.07) is 7.82. The average Bonchev–Trinajstić information content (AvgIpc) is 3.26. The summed E-state index contributed by atoms with van der Waals surface area (Å²) in [5.41, 5.74) is 3.54. The van der Waals surface area contributed by atoms with Crippen molar-refractivity contribution < 1.29 is 4.79 Å². The molecule has 7 nitrogen and oxygen atoms in total. The summed E-state index contributed by atoms with van der Waals surface area (Å²) in [5, 5.41) is 11.6. The quantitative estimate of drug-likeness (QED) is 0.241. The molecule has 0 aliphatic heterocycles. The summed E-state index contributed by atoms with van der Waals surface area (Å²) in [6.07, 6.45) is 3.56. The third kappa shape index (κ3) is 4.29. The molecular formula is C18H16N6OS3. The maximum absolute atomic E-state index is 12.4. The first-order valence-corrected chi connectivity index (χ1v) is 10.6. The fourth-order valence-electron chi connectivity index (χ4n) is 2.70. The summed E-state index contributed by atoms with van der Waals surface area (Å²) in [5.74, 6) is 0.660. The molecule has 0 bridgehead atoms. The van der Waals surface area contributed by atoms with E-state index < -0.39 is 0 Å². The molecule has 4 aromatic rings. The Morgan fingerprint density at radius 1 is 1.36 bits per heavy atom. The Kier molecular flexibility index (Phi) is 5.51. The Balaban J connectivity index is 1.41. The molecule has 0 saturated carbocycles. The second-order valence-electron chi connectivity index (χ2n) is 6.09. The molecule has 4 rings (SSSR count). The Hall–Kier alpha value is -2.56. The lowest BCUT2D eigenvalue weighted by Crippen LogP contribution is -2.14. The van der Waals surface area contributed by atoms with Crippen LogP contribution in [0.4, 0.5) is 5.69 Å². The monoisotopic (exact) mass is 428 g/mol. The highest BCUT2D eigenvalue weighted by Crippen LogP contribution is 2.27. The molecule has 1 amide bonds. The Morgan fingerprint density at radius 2 is 2.25 bits per heavy atom. The molecule has 3 heterocycles. The van der Waals surface area contributed by atoms with Crippen LogP contribution in [0, 0.1) is 10.9 Å². The molecule has 28 heavy (non-hydrogen) atoms. The van der Waals surface area contributed by atoms with Crippen LogP contribution in [0.3, 0.4) is 0 Å². The van der Waals surface area contributed by atoms with Crippen LogP contribution in [-0.4, -0.2) is 31.1 Å². The van der Waals surface area contributed by atoms with Gasteiger partial charge >= 0.3 is 0 Å². The number of H-pyrrole nitrogens is 2. The molecule has 10 heteroatoms. The number of rotatable bonds is 6.